The van der Waals surface area contributed by atoms with E-state index in [1.165, 1.54) is 0 Å². The number of ether oxygens (including phenoxy) is 1. The average Bonchev–Trinajstić information content (AvgIpc) is 2.62. The predicted molar refractivity (Wildman–Crippen MR) is 105 cm³/mol. The van der Waals surface area contributed by atoms with E-state index in [4.69, 9.17) is 4.74 Å². The fourth-order valence-corrected chi connectivity index (χ4v) is 3.98. The molecule has 0 saturated heterocycles. The molecule has 0 spiro atoms. The Morgan fingerprint density at radius 2 is 1.52 bits per heavy atom. The Morgan fingerprint density at radius 3 is 2.15 bits per heavy atom. The van der Waals surface area contributed by atoms with Crippen LogP contribution >= 0.6 is 0 Å². The number of esters is 1. The maximum absolute atomic E-state index is 12.5. The van der Waals surface area contributed by atoms with Crippen LogP contribution in [0.5, 0.6) is 5.75 Å². The summed E-state index contributed by atoms with van der Waals surface area (Å²) in [5.74, 6) is -0.122. The van der Waals surface area contributed by atoms with Crippen LogP contribution in [0, 0.1) is 13.8 Å². The third kappa shape index (κ3) is 4.83. The van der Waals surface area contributed by atoms with Crippen molar-refractivity contribution in [1.82, 2.24) is 0 Å². The highest BCUT2D eigenvalue weighted by molar-refractivity contribution is 7.90. The molecule has 5 heteroatoms. The van der Waals surface area contributed by atoms with Gasteiger partial charge in [-0.25, -0.2) is 13.2 Å². The summed E-state index contributed by atoms with van der Waals surface area (Å²) in [5, 5.41) is 0. The van der Waals surface area contributed by atoms with Gasteiger partial charge in [-0.15, -0.1) is 0 Å². The Labute approximate surface area is 159 Å². The summed E-state index contributed by atoms with van der Waals surface area (Å²) in [7, 11) is -3.43. The van der Waals surface area contributed by atoms with Crippen molar-refractivity contribution in [3.05, 3.63) is 95.1 Å². The van der Waals surface area contributed by atoms with Crippen LogP contribution in [-0.2, 0) is 15.6 Å². The topological polar surface area (TPSA) is 60.4 Å². The van der Waals surface area contributed by atoms with Gasteiger partial charge in [0.2, 0.25) is 0 Å². The maximum Gasteiger partial charge on any atom is 0.343 e. The highest BCUT2D eigenvalue weighted by Gasteiger charge is 2.16. The Morgan fingerprint density at radius 1 is 0.852 bits per heavy atom. The van der Waals surface area contributed by atoms with Crippen LogP contribution < -0.4 is 4.74 Å². The summed E-state index contributed by atoms with van der Waals surface area (Å²) in [6.45, 7) is 3.82. The van der Waals surface area contributed by atoms with E-state index in [0.717, 1.165) is 11.1 Å². The van der Waals surface area contributed by atoms with Crippen molar-refractivity contribution in [2.24, 2.45) is 0 Å². The van der Waals surface area contributed by atoms with Crippen LogP contribution in [0.2, 0.25) is 0 Å². The monoisotopic (exact) mass is 380 g/mol. The molecular formula is C22H20O4S. The molecule has 3 aromatic rings. The zero-order valence-corrected chi connectivity index (χ0v) is 16.0. The van der Waals surface area contributed by atoms with Gasteiger partial charge in [0.05, 0.1) is 16.2 Å². The van der Waals surface area contributed by atoms with Gasteiger partial charge in [-0.2, -0.15) is 0 Å². The zero-order chi connectivity index (χ0) is 19.4. The van der Waals surface area contributed by atoms with Crippen LogP contribution in [0.3, 0.4) is 0 Å². The number of aryl methyl sites for hydroxylation is 2. The normalized spacial score (nSPS) is 11.2. The lowest BCUT2D eigenvalue weighted by Crippen LogP contribution is -2.09. The van der Waals surface area contributed by atoms with Crippen molar-refractivity contribution in [3.8, 4) is 5.75 Å². The first-order chi connectivity index (χ1) is 12.8. The van der Waals surface area contributed by atoms with Crippen molar-refractivity contribution in [2.75, 3.05) is 0 Å². The highest BCUT2D eigenvalue weighted by atomic mass is 32.2. The molecule has 27 heavy (non-hydrogen) atoms. The van der Waals surface area contributed by atoms with Gasteiger partial charge in [0, 0.05) is 0 Å². The Bertz CT molecular complexity index is 1050. The molecule has 0 bridgehead atoms. The molecule has 3 rings (SSSR count). The first-order valence-electron chi connectivity index (χ1n) is 8.51. The van der Waals surface area contributed by atoms with E-state index in [1.54, 1.807) is 60.7 Å². The van der Waals surface area contributed by atoms with Crippen LogP contribution in [0.4, 0.5) is 0 Å². The fourth-order valence-electron chi connectivity index (χ4n) is 2.63. The second-order valence-corrected chi connectivity index (χ2v) is 8.46. The van der Waals surface area contributed by atoms with Crippen molar-refractivity contribution in [3.63, 3.8) is 0 Å². The predicted octanol–water partition coefficient (Wildman–Crippen LogP) is 4.50. The van der Waals surface area contributed by atoms with Crippen LogP contribution in [0.25, 0.3) is 0 Å². The van der Waals surface area contributed by atoms with E-state index in [0.29, 0.717) is 16.9 Å². The number of carbonyl (C=O) groups excluding carboxylic acids is 1. The van der Waals surface area contributed by atoms with E-state index >= 15 is 0 Å². The highest BCUT2D eigenvalue weighted by Crippen LogP contribution is 2.19. The smallest absolute Gasteiger partial charge is 0.343 e. The molecule has 4 nitrogen and oxygen atoms in total. The SMILES string of the molecule is Cc1ccc(S(=O)(=O)Cc2ccc(C(=O)Oc3cccc(C)c3)cc2)cc1. The summed E-state index contributed by atoms with van der Waals surface area (Å²) >= 11 is 0. The third-order valence-electron chi connectivity index (χ3n) is 4.13. The number of hydrogen-bond acceptors (Lipinski definition) is 4. The summed E-state index contributed by atoms with van der Waals surface area (Å²) in [6.07, 6.45) is 0. The molecule has 0 saturated carbocycles. The molecule has 0 aromatic heterocycles. The van der Waals surface area contributed by atoms with Crippen LogP contribution in [0.1, 0.15) is 27.0 Å². The van der Waals surface area contributed by atoms with Gasteiger partial charge in [0.15, 0.2) is 9.84 Å². The minimum Gasteiger partial charge on any atom is -0.423 e. The van der Waals surface area contributed by atoms with Gasteiger partial charge < -0.3 is 4.74 Å². The molecule has 0 amide bonds. The van der Waals surface area contributed by atoms with Gasteiger partial charge in [-0.05, 0) is 61.4 Å². The summed E-state index contributed by atoms with van der Waals surface area (Å²) in [4.78, 5) is 12.5. The summed E-state index contributed by atoms with van der Waals surface area (Å²) in [6, 6.07) is 20.4. The lowest BCUT2D eigenvalue weighted by atomic mass is 10.1. The molecule has 0 N–H and O–H groups in total. The molecule has 3 aromatic carbocycles. The Hall–Kier alpha value is -2.92. The molecule has 0 unspecified atom stereocenters. The molecule has 0 aliphatic rings. The fraction of sp³-hybridized carbons (Fsp3) is 0.136. The van der Waals surface area contributed by atoms with E-state index in [-0.39, 0.29) is 10.6 Å². The summed E-state index contributed by atoms with van der Waals surface area (Å²) in [5.41, 5.74) is 2.98. The van der Waals surface area contributed by atoms with Gasteiger partial charge in [-0.1, -0.05) is 42.0 Å². The molecule has 0 atom stereocenters. The lowest BCUT2D eigenvalue weighted by Gasteiger charge is -2.07. The molecule has 138 valence electrons. The molecule has 0 radical (unpaired) electrons. The van der Waals surface area contributed by atoms with E-state index in [2.05, 4.69) is 0 Å². The number of rotatable bonds is 5. The minimum absolute atomic E-state index is 0.122. The van der Waals surface area contributed by atoms with E-state index < -0.39 is 15.8 Å². The van der Waals surface area contributed by atoms with Crippen molar-refractivity contribution >= 4 is 15.8 Å². The van der Waals surface area contributed by atoms with E-state index in [1.807, 2.05) is 26.0 Å². The lowest BCUT2D eigenvalue weighted by molar-refractivity contribution is 0.0734. The number of sulfone groups is 1. The van der Waals surface area contributed by atoms with Crippen molar-refractivity contribution in [2.45, 2.75) is 24.5 Å². The Balaban J connectivity index is 1.71. The number of hydrogen-bond donors (Lipinski definition) is 0. The molecular weight excluding hydrogens is 360 g/mol. The van der Waals surface area contributed by atoms with Gasteiger partial charge in [-0.3, -0.25) is 0 Å². The first kappa shape index (κ1) is 18.9. The number of benzene rings is 3. The third-order valence-corrected chi connectivity index (χ3v) is 5.83. The number of carbonyl (C=O) groups is 1. The molecule has 0 fully saturated rings. The second kappa shape index (κ2) is 7.76. The Kier molecular flexibility index (Phi) is 5.42. The minimum atomic E-state index is -3.43. The van der Waals surface area contributed by atoms with Gasteiger partial charge in [0.1, 0.15) is 5.75 Å². The first-order valence-corrected chi connectivity index (χ1v) is 10.2. The molecule has 0 heterocycles. The van der Waals surface area contributed by atoms with Crippen LogP contribution in [0.15, 0.2) is 77.7 Å². The van der Waals surface area contributed by atoms with Gasteiger partial charge >= 0.3 is 5.97 Å². The second-order valence-electron chi connectivity index (χ2n) is 6.48. The van der Waals surface area contributed by atoms with Gasteiger partial charge in [0.25, 0.3) is 0 Å². The van der Waals surface area contributed by atoms with E-state index in [9.17, 15) is 13.2 Å². The molecule has 0 aliphatic carbocycles. The van der Waals surface area contributed by atoms with Crippen molar-refractivity contribution in [1.29, 1.82) is 0 Å². The van der Waals surface area contributed by atoms with Crippen molar-refractivity contribution < 1.29 is 17.9 Å². The standard InChI is InChI=1S/C22H20O4S/c1-16-6-12-21(13-7-16)27(24,25)15-18-8-10-19(11-9-18)22(23)26-20-5-3-4-17(2)14-20/h3-14H,15H2,1-2H3. The molecule has 0 aliphatic heterocycles. The average molecular weight is 380 g/mol. The van der Waals surface area contributed by atoms with Crippen LogP contribution in [-0.4, -0.2) is 14.4 Å². The largest absolute Gasteiger partial charge is 0.423 e. The quantitative estimate of drug-likeness (QED) is 0.483. The zero-order valence-electron chi connectivity index (χ0n) is 15.2. The summed E-state index contributed by atoms with van der Waals surface area (Å²) < 4.78 is 30.4. The maximum atomic E-state index is 12.5.